The van der Waals surface area contributed by atoms with Gasteiger partial charge in [-0.25, -0.2) is 4.39 Å². The van der Waals surface area contributed by atoms with Crippen molar-refractivity contribution in [1.82, 2.24) is 0 Å². The number of benzene rings is 1. The molecule has 0 bridgehead atoms. The van der Waals surface area contributed by atoms with Gasteiger partial charge in [0, 0.05) is 24.3 Å². The number of halogens is 1. The number of hydrogen-bond acceptors (Lipinski definition) is 2. The van der Waals surface area contributed by atoms with Crippen molar-refractivity contribution in [3.8, 4) is 0 Å². The van der Waals surface area contributed by atoms with Gasteiger partial charge in [-0.1, -0.05) is 13.8 Å². The van der Waals surface area contributed by atoms with Crippen LogP contribution in [0.4, 0.5) is 10.1 Å². The first-order chi connectivity index (χ1) is 9.30. The van der Waals surface area contributed by atoms with E-state index in [0.717, 1.165) is 31.6 Å². The second-order valence-electron chi connectivity index (χ2n) is 6.84. The van der Waals surface area contributed by atoms with Crippen LogP contribution in [0.25, 0.3) is 0 Å². The van der Waals surface area contributed by atoms with E-state index in [-0.39, 0.29) is 5.82 Å². The van der Waals surface area contributed by atoms with Gasteiger partial charge < -0.3 is 10.0 Å². The second-order valence-corrected chi connectivity index (χ2v) is 6.84. The zero-order valence-corrected chi connectivity index (χ0v) is 13.0. The fourth-order valence-electron chi connectivity index (χ4n) is 2.95. The maximum Gasteiger partial charge on any atom is 0.126 e. The number of aliphatic hydroxyl groups excluding tert-OH is 1. The summed E-state index contributed by atoms with van der Waals surface area (Å²) >= 11 is 0. The molecule has 1 saturated heterocycles. The van der Waals surface area contributed by atoms with Gasteiger partial charge >= 0.3 is 0 Å². The average molecular weight is 279 g/mol. The number of nitrogens with zero attached hydrogens (tertiary/aromatic N) is 1. The van der Waals surface area contributed by atoms with E-state index in [2.05, 4.69) is 18.7 Å². The van der Waals surface area contributed by atoms with Crippen LogP contribution < -0.4 is 4.90 Å². The van der Waals surface area contributed by atoms with Crippen LogP contribution in [0.15, 0.2) is 12.1 Å². The minimum absolute atomic E-state index is 0.236. The lowest BCUT2D eigenvalue weighted by atomic mass is 9.85. The molecular formula is C17H26FNO. The molecule has 3 heteroatoms. The van der Waals surface area contributed by atoms with Crippen LogP contribution in [0.2, 0.25) is 0 Å². The van der Waals surface area contributed by atoms with E-state index in [0.29, 0.717) is 16.5 Å². The predicted molar refractivity (Wildman–Crippen MR) is 81.6 cm³/mol. The van der Waals surface area contributed by atoms with E-state index in [1.165, 1.54) is 12.5 Å². The van der Waals surface area contributed by atoms with Crippen molar-refractivity contribution in [3.63, 3.8) is 0 Å². The molecule has 2 rings (SSSR count). The lowest BCUT2D eigenvalue weighted by molar-refractivity contribution is 0.199. The van der Waals surface area contributed by atoms with E-state index < -0.39 is 6.10 Å². The summed E-state index contributed by atoms with van der Waals surface area (Å²) < 4.78 is 13.8. The smallest absolute Gasteiger partial charge is 0.126 e. The summed E-state index contributed by atoms with van der Waals surface area (Å²) in [7, 11) is 0. The number of hydrogen-bond donors (Lipinski definition) is 1. The largest absolute Gasteiger partial charge is 0.389 e. The molecule has 0 saturated carbocycles. The van der Waals surface area contributed by atoms with Crippen LogP contribution in [-0.4, -0.2) is 18.2 Å². The first kappa shape index (κ1) is 15.3. The lowest BCUT2D eigenvalue weighted by Crippen LogP contribution is -2.26. The number of aliphatic hydroxyl groups is 1. The first-order valence-electron chi connectivity index (χ1n) is 7.53. The van der Waals surface area contributed by atoms with Crippen molar-refractivity contribution in [3.05, 3.63) is 29.1 Å². The molecule has 2 nitrogen and oxygen atoms in total. The Bertz CT molecular complexity index is 482. The van der Waals surface area contributed by atoms with Crippen LogP contribution in [0.5, 0.6) is 0 Å². The summed E-state index contributed by atoms with van der Waals surface area (Å²) in [6.45, 7) is 10.1. The zero-order chi connectivity index (χ0) is 14.9. The number of rotatable bonds is 2. The van der Waals surface area contributed by atoms with E-state index >= 15 is 0 Å². The highest BCUT2D eigenvalue weighted by Crippen LogP contribution is 2.35. The van der Waals surface area contributed by atoms with Gasteiger partial charge in [0.05, 0.1) is 6.10 Å². The van der Waals surface area contributed by atoms with Gasteiger partial charge in [-0.3, -0.25) is 0 Å². The first-order valence-corrected chi connectivity index (χ1v) is 7.53. The van der Waals surface area contributed by atoms with Crippen LogP contribution >= 0.6 is 0 Å². The third kappa shape index (κ3) is 3.32. The molecule has 1 aromatic rings. The number of aryl methyl sites for hydroxylation is 1. The maximum atomic E-state index is 13.8. The summed E-state index contributed by atoms with van der Waals surface area (Å²) in [4.78, 5) is 2.31. The summed E-state index contributed by atoms with van der Waals surface area (Å²) in [5.41, 5.74) is 2.71. The topological polar surface area (TPSA) is 23.5 Å². The molecule has 1 unspecified atom stereocenters. The standard InChI is InChI=1S/C17H26FNO/c1-12-10-16(14(13(2)20)11-15(12)18)19-8-5-6-17(3,4)7-9-19/h10-11,13,20H,5-9H2,1-4H3. The molecule has 1 heterocycles. The Balaban J connectivity index is 2.34. The molecule has 0 spiro atoms. The molecule has 1 aliphatic rings. The third-order valence-corrected chi connectivity index (χ3v) is 4.44. The predicted octanol–water partition coefficient (Wildman–Crippen LogP) is 4.20. The van der Waals surface area contributed by atoms with Gasteiger partial charge in [0.2, 0.25) is 0 Å². The van der Waals surface area contributed by atoms with Crippen molar-refractivity contribution < 1.29 is 9.50 Å². The van der Waals surface area contributed by atoms with Crippen molar-refractivity contribution in [2.45, 2.75) is 53.1 Å². The molecule has 20 heavy (non-hydrogen) atoms. The fraction of sp³-hybridized carbons (Fsp3) is 0.647. The molecule has 112 valence electrons. The van der Waals surface area contributed by atoms with Gasteiger partial charge in [0.1, 0.15) is 5.82 Å². The van der Waals surface area contributed by atoms with Gasteiger partial charge in [-0.2, -0.15) is 0 Å². The quantitative estimate of drug-likeness (QED) is 0.877. The minimum Gasteiger partial charge on any atom is -0.389 e. The molecule has 0 radical (unpaired) electrons. The molecule has 1 aliphatic heterocycles. The van der Waals surface area contributed by atoms with E-state index in [1.54, 1.807) is 13.8 Å². The molecule has 0 aromatic heterocycles. The van der Waals surface area contributed by atoms with E-state index in [4.69, 9.17) is 0 Å². The zero-order valence-electron chi connectivity index (χ0n) is 13.0. The normalized spacial score (nSPS) is 20.6. The maximum absolute atomic E-state index is 13.8. The highest BCUT2D eigenvalue weighted by molar-refractivity contribution is 5.57. The number of anilines is 1. The van der Waals surface area contributed by atoms with Gasteiger partial charge in [0.25, 0.3) is 0 Å². The van der Waals surface area contributed by atoms with Crippen LogP contribution in [0.3, 0.4) is 0 Å². The summed E-state index contributed by atoms with van der Waals surface area (Å²) in [5.74, 6) is -0.236. The van der Waals surface area contributed by atoms with Crippen LogP contribution in [-0.2, 0) is 0 Å². The van der Waals surface area contributed by atoms with Crippen LogP contribution in [0, 0.1) is 18.2 Å². The van der Waals surface area contributed by atoms with Gasteiger partial charge in [-0.05, 0) is 56.2 Å². The molecule has 0 aliphatic carbocycles. The summed E-state index contributed by atoms with van der Waals surface area (Å²) in [6.07, 6.45) is 2.84. The van der Waals surface area contributed by atoms with Crippen molar-refractivity contribution in [2.24, 2.45) is 5.41 Å². The van der Waals surface area contributed by atoms with Crippen molar-refractivity contribution in [1.29, 1.82) is 0 Å². The minimum atomic E-state index is -0.642. The molecule has 1 aromatic carbocycles. The van der Waals surface area contributed by atoms with Crippen LogP contribution in [0.1, 0.15) is 57.3 Å². The Morgan fingerprint density at radius 2 is 1.95 bits per heavy atom. The molecule has 1 atom stereocenters. The third-order valence-electron chi connectivity index (χ3n) is 4.44. The van der Waals surface area contributed by atoms with Crippen molar-refractivity contribution >= 4 is 5.69 Å². The van der Waals surface area contributed by atoms with E-state index in [9.17, 15) is 9.50 Å². The Hall–Kier alpha value is -1.09. The highest BCUT2D eigenvalue weighted by Gasteiger charge is 2.25. The van der Waals surface area contributed by atoms with Gasteiger partial charge in [-0.15, -0.1) is 0 Å². The van der Waals surface area contributed by atoms with Gasteiger partial charge in [0.15, 0.2) is 0 Å². The average Bonchev–Trinajstić information content (AvgIpc) is 2.53. The SMILES string of the molecule is Cc1cc(N2CCCC(C)(C)CC2)c(C(C)O)cc1F. The Morgan fingerprint density at radius 1 is 1.25 bits per heavy atom. The molecule has 0 amide bonds. The molecular weight excluding hydrogens is 253 g/mol. The summed E-state index contributed by atoms with van der Waals surface area (Å²) in [5, 5.41) is 9.93. The Labute approximate surface area is 121 Å². The monoisotopic (exact) mass is 279 g/mol. The highest BCUT2D eigenvalue weighted by atomic mass is 19.1. The summed E-state index contributed by atoms with van der Waals surface area (Å²) in [6, 6.07) is 3.38. The lowest BCUT2D eigenvalue weighted by Gasteiger charge is -2.28. The fourth-order valence-corrected chi connectivity index (χ4v) is 2.95. The van der Waals surface area contributed by atoms with Crippen molar-refractivity contribution in [2.75, 3.05) is 18.0 Å². The second kappa shape index (κ2) is 5.72. The molecule has 1 N–H and O–H groups in total. The van der Waals surface area contributed by atoms with E-state index in [1.807, 2.05) is 6.07 Å². The Kier molecular flexibility index (Phi) is 4.38. The Morgan fingerprint density at radius 3 is 2.60 bits per heavy atom. The molecule has 1 fully saturated rings.